The molecular weight excluding hydrogens is 390 g/mol. The molecule has 2 rings (SSSR count). The van der Waals surface area contributed by atoms with E-state index in [1.165, 1.54) is 12.1 Å². The zero-order chi connectivity index (χ0) is 20.0. The molecule has 11 heteroatoms. The third-order valence-electron chi connectivity index (χ3n) is 3.13. The van der Waals surface area contributed by atoms with E-state index in [4.69, 9.17) is 12.2 Å². The Balaban J connectivity index is 2.04. The molecule has 144 valence electrons. The summed E-state index contributed by atoms with van der Waals surface area (Å²) in [6, 6.07) is 8.78. The zero-order valence-corrected chi connectivity index (χ0v) is 14.4. The van der Waals surface area contributed by atoms with E-state index >= 15 is 0 Å². The molecule has 0 heterocycles. The molecule has 6 nitrogen and oxygen atoms in total. The van der Waals surface area contributed by atoms with Gasteiger partial charge in [-0.1, -0.05) is 12.1 Å². The lowest BCUT2D eigenvalue weighted by molar-refractivity contribution is -0.384. The fourth-order valence-corrected chi connectivity index (χ4v) is 2.16. The molecule has 0 amide bonds. The van der Waals surface area contributed by atoms with E-state index in [-0.39, 0.29) is 28.9 Å². The van der Waals surface area contributed by atoms with Crippen LogP contribution in [0.2, 0.25) is 0 Å². The molecule has 0 aliphatic rings. The SMILES string of the molecule is O=[N+]([O-])c1cc(NC(=S)NCc2ccc(F)cc2)cc(OCC(F)(F)F)c1. The number of thiocarbonyl (C=S) groups is 1. The van der Waals surface area contributed by atoms with Gasteiger partial charge in [0.25, 0.3) is 5.69 Å². The van der Waals surface area contributed by atoms with Crippen LogP contribution in [0.1, 0.15) is 5.56 Å². The van der Waals surface area contributed by atoms with Gasteiger partial charge in [0.05, 0.1) is 16.7 Å². The number of alkyl halides is 3. The Kier molecular flexibility index (Phi) is 6.50. The first-order valence-corrected chi connectivity index (χ1v) is 7.81. The molecule has 0 spiro atoms. The van der Waals surface area contributed by atoms with Crippen LogP contribution in [0.15, 0.2) is 42.5 Å². The van der Waals surface area contributed by atoms with Crippen LogP contribution in [0, 0.1) is 15.9 Å². The van der Waals surface area contributed by atoms with E-state index in [0.717, 1.165) is 23.8 Å². The highest BCUT2D eigenvalue weighted by Gasteiger charge is 2.28. The van der Waals surface area contributed by atoms with Crippen LogP contribution < -0.4 is 15.4 Å². The maximum Gasteiger partial charge on any atom is 0.422 e. The van der Waals surface area contributed by atoms with Crippen molar-refractivity contribution >= 4 is 28.7 Å². The lowest BCUT2D eigenvalue weighted by Crippen LogP contribution is -2.28. The van der Waals surface area contributed by atoms with Crippen molar-refractivity contribution < 1.29 is 27.2 Å². The van der Waals surface area contributed by atoms with Gasteiger partial charge in [0.2, 0.25) is 0 Å². The molecule has 0 aliphatic carbocycles. The average molecular weight is 403 g/mol. The van der Waals surface area contributed by atoms with Crippen molar-refractivity contribution in [3.05, 3.63) is 64.0 Å². The Morgan fingerprint density at radius 2 is 1.85 bits per heavy atom. The van der Waals surface area contributed by atoms with Gasteiger partial charge in [-0.05, 0) is 29.9 Å². The van der Waals surface area contributed by atoms with Gasteiger partial charge in [-0.2, -0.15) is 13.2 Å². The van der Waals surface area contributed by atoms with E-state index in [1.807, 2.05) is 0 Å². The summed E-state index contributed by atoms with van der Waals surface area (Å²) in [5.41, 5.74) is 0.352. The molecule has 0 saturated carbocycles. The summed E-state index contributed by atoms with van der Waals surface area (Å²) >= 11 is 5.05. The van der Waals surface area contributed by atoms with Crippen molar-refractivity contribution in [1.82, 2.24) is 5.32 Å². The molecule has 2 N–H and O–H groups in total. The van der Waals surface area contributed by atoms with Gasteiger partial charge in [0.15, 0.2) is 11.7 Å². The van der Waals surface area contributed by atoms with Gasteiger partial charge >= 0.3 is 6.18 Å². The van der Waals surface area contributed by atoms with Gasteiger partial charge in [0, 0.05) is 18.7 Å². The summed E-state index contributed by atoms with van der Waals surface area (Å²) < 4.78 is 54.2. The van der Waals surface area contributed by atoms with Crippen LogP contribution in [0.5, 0.6) is 5.75 Å². The van der Waals surface area contributed by atoms with Crippen molar-refractivity contribution in [3.63, 3.8) is 0 Å². The van der Waals surface area contributed by atoms with Crippen LogP contribution in [-0.2, 0) is 6.54 Å². The Labute approximate surface area is 156 Å². The predicted molar refractivity (Wildman–Crippen MR) is 94.1 cm³/mol. The van der Waals surface area contributed by atoms with E-state index in [1.54, 1.807) is 12.1 Å². The molecule has 0 atom stereocenters. The number of nitrogens with zero attached hydrogens (tertiary/aromatic N) is 1. The van der Waals surface area contributed by atoms with Gasteiger partial charge in [-0.15, -0.1) is 0 Å². The van der Waals surface area contributed by atoms with Gasteiger partial charge in [-0.25, -0.2) is 4.39 Å². The first kappa shape index (κ1) is 20.4. The normalized spacial score (nSPS) is 11.0. The summed E-state index contributed by atoms with van der Waals surface area (Å²) in [6.45, 7) is -1.33. The number of nitro benzene ring substituents is 1. The largest absolute Gasteiger partial charge is 0.484 e. The smallest absolute Gasteiger partial charge is 0.422 e. The minimum absolute atomic E-state index is 0.0709. The molecule has 0 aromatic heterocycles. The number of nitro groups is 1. The second-order valence-corrected chi connectivity index (χ2v) is 5.72. The van der Waals surface area contributed by atoms with E-state index in [9.17, 15) is 27.7 Å². The molecule has 2 aromatic carbocycles. The fourth-order valence-electron chi connectivity index (χ4n) is 1.97. The molecule has 2 aromatic rings. The van der Waals surface area contributed by atoms with E-state index in [0.29, 0.717) is 0 Å². The Morgan fingerprint density at radius 1 is 1.19 bits per heavy atom. The number of rotatable bonds is 6. The second-order valence-electron chi connectivity index (χ2n) is 5.31. The predicted octanol–water partition coefficient (Wildman–Crippen LogP) is 4.16. The lowest BCUT2D eigenvalue weighted by Gasteiger charge is -2.13. The minimum atomic E-state index is -4.58. The molecule has 27 heavy (non-hydrogen) atoms. The number of hydrogen-bond donors (Lipinski definition) is 2. The van der Waals surface area contributed by atoms with Gasteiger partial charge < -0.3 is 15.4 Å². The van der Waals surface area contributed by atoms with Gasteiger partial charge in [0.1, 0.15) is 11.6 Å². The quantitative estimate of drug-likeness (QED) is 0.327. The highest BCUT2D eigenvalue weighted by Crippen LogP contribution is 2.27. The summed E-state index contributed by atoms with van der Waals surface area (Å²) in [4.78, 5) is 10.2. The summed E-state index contributed by atoms with van der Waals surface area (Å²) in [5.74, 6) is -0.715. The summed E-state index contributed by atoms with van der Waals surface area (Å²) in [7, 11) is 0. The number of anilines is 1. The Hall–Kier alpha value is -2.95. The van der Waals surface area contributed by atoms with Crippen molar-refractivity contribution in [2.45, 2.75) is 12.7 Å². The molecular formula is C16H13F4N3O3S. The molecule has 0 aliphatic heterocycles. The van der Waals surface area contributed by atoms with Crippen LogP contribution in [0.3, 0.4) is 0 Å². The van der Waals surface area contributed by atoms with Crippen molar-refractivity contribution in [2.75, 3.05) is 11.9 Å². The van der Waals surface area contributed by atoms with E-state index in [2.05, 4.69) is 15.4 Å². The Bertz CT molecular complexity index is 829. The van der Waals surface area contributed by atoms with E-state index < -0.39 is 23.4 Å². The number of nitrogens with one attached hydrogen (secondary N) is 2. The summed E-state index contributed by atoms with van der Waals surface area (Å²) in [6.07, 6.45) is -4.58. The Morgan fingerprint density at radius 3 is 2.44 bits per heavy atom. The highest BCUT2D eigenvalue weighted by atomic mass is 32.1. The average Bonchev–Trinajstić information content (AvgIpc) is 2.58. The molecule has 0 saturated heterocycles. The first-order chi connectivity index (χ1) is 12.6. The van der Waals surface area contributed by atoms with Crippen LogP contribution >= 0.6 is 12.2 Å². The molecule has 0 bridgehead atoms. The molecule has 0 radical (unpaired) electrons. The van der Waals surface area contributed by atoms with Crippen molar-refractivity contribution in [2.24, 2.45) is 0 Å². The standard InChI is InChI=1S/C16H13F4N3O3S/c17-11-3-1-10(2-4-11)8-21-15(27)22-12-5-13(23(24)25)7-14(6-12)26-9-16(18,19)20/h1-7H,8-9H2,(H2,21,22,27). The second kappa shape index (κ2) is 8.62. The zero-order valence-electron chi connectivity index (χ0n) is 13.5. The monoisotopic (exact) mass is 403 g/mol. The van der Waals surface area contributed by atoms with Crippen LogP contribution in [0.4, 0.5) is 28.9 Å². The number of benzene rings is 2. The third-order valence-corrected chi connectivity index (χ3v) is 3.38. The fraction of sp³-hybridized carbons (Fsp3) is 0.188. The van der Waals surface area contributed by atoms with Crippen LogP contribution in [-0.4, -0.2) is 22.8 Å². The maximum absolute atomic E-state index is 12.9. The maximum atomic E-state index is 12.9. The molecule has 0 fully saturated rings. The lowest BCUT2D eigenvalue weighted by atomic mass is 10.2. The third kappa shape index (κ3) is 7.05. The summed E-state index contributed by atoms with van der Waals surface area (Å²) in [5, 5.41) is 16.5. The number of non-ortho nitro benzene ring substituents is 1. The van der Waals surface area contributed by atoms with Crippen molar-refractivity contribution in [3.8, 4) is 5.75 Å². The highest BCUT2D eigenvalue weighted by molar-refractivity contribution is 7.80. The van der Waals surface area contributed by atoms with Crippen molar-refractivity contribution in [1.29, 1.82) is 0 Å². The van der Waals surface area contributed by atoms with Crippen LogP contribution in [0.25, 0.3) is 0 Å². The number of ether oxygens (including phenoxy) is 1. The first-order valence-electron chi connectivity index (χ1n) is 7.41. The number of halogens is 4. The molecule has 0 unspecified atom stereocenters. The van der Waals surface area contributed by atoms with Gasteiger partial charge in [-0.3, -0.25) is 10.1 Å². The minimum Gasteiger partial charge on any atom is -0.484 e. The number of hydrogen-bond acceptors (Lipinski definition) is 4. The topological polar surface area (TPSA) is 76.4 Å².